The van der Waals surface area contributed by atoms with Crippen LogP contribution in [0.15, 0.2) is 18.3 Å². The molecule has 0 fully saturated rings. The number of amides is 1. The lowest BCUT2D eigenvalue weighted by atomic mass is 10.2. The van der Waals surface area contributed by atoms with Crippen molar-refractivity contribution < 1.29 is 4.79 Å². The maximum Gasteiger partial charge on any atom is 0.234 e. The van der Waals surface area contributed by atoms with Crippen molar-refractivity contribution in [3.8, 4) is 0 Å². The number of anilines is 1. The molecule has 5 nitrogen and oxygen atoms in total. The number of carbonyl (C=O) groups excluding carboxylic acids is 1. The van der Waals surface area contributed by atoms with Gasteiger partial charge in [0.05, 0.1) is 6.54 Å². The molecule has 0 unspecified atom stereocenters. The molecule has 19 heavy (non-hydrogen) atoms. The molecular formula is C14H24N4O. The fraction of sp³-hybridized carbons (Fsp3) is 0.571. The minimum absolute atomic E-state index is 0.0678. The first-order chi connectivity index (χ1) is 9.21. The number of carbonyl (C=O) groups is 1. The van der Waals surface area contributed by atoms with Gasteiger partial charge in [-0.2, -0.15) is 0 Å². The Labute approximate surface area is 115 Å². The third-order valence-electron chi connectivity index (χ3n) is 2.82. The topological polar surface area (TPSA) is 57.3 Å². The lowest BCUT2D eigenvalue weighted by Gasteiger charge is -2.21. The van der Waals surface area contributed by atoms with Gasteiger partial charge in [0.1, 0.15) is 5.82 Å². The van der Waals surface area contributed by atoms with Gasteiger partial charge in [-0.1, -0.05) is 13.0 Å². The van der Waals surface area contributed by atoms with E-state index in [1.165, 1.54) is 0 Å². The fourth-order valence-electron chi connectivity index (χ4n) is 1.87. The molecule has 0 aromatic carbocycles. The van der Waals surface area contributed by atoms with E-state index in [1.54, 1.807) is 6.20 Å². The minimum Gasteiger partial charge on any atom is -0.370 e. The summed E-state index contributed by atoms with van der Waals surface area (Å²) < 4.78 is 0. The normalized spacial score (nSPS) is 10.5. The van der Waals surface area contributed by atoms with Gasteiger partial charge in [0.15, 0.2) is 0 Å². The Hall–Kier alpha value is -1.62. The highest BCUT2D eigenvalue weighted by Crippen LogP contribution is 2.13. The van der Waals surface area contributed by atoms with Crippen LogP contribution in [-0.2, 0) is 11.3 Å². The van der Waals surface area contributed by atoms with Gasteiger partial charge in [-0.05, 0) is 26.5 Å². The number of hydrogen-bond donors (Lipinski definition) is 2. The van der Waals surface area contributed by atoms with Gasteiger partial charge in [0.25, 0.3) is 0 Å². The molecule has 1 aromatic heterocycles. The Kier molecular flexibility index (Phi) is 6.89. The third kappa shape index (κ3) is 5.26. The number of aromatic nitrogens is 1. The van der Waals surface area contributed by atoms with E-state index in [2.05, 4.69) is 27.4 Å². The molecule has 0 spiro atoms. The lowest BCUT2D eigenvalue weighted by molar-refractivity contribution is -0.122. The van der Waals surface area contributed by atoms with Gasteiger partial charge >= 0.3 is 0 Å². The molecule has 0 saturated heterocycles. The molecule has 0 saturated carbocycles. The molecule has 1 aromatic rings. The first-order valence-corrected chi connectivity index (χ1v) is 6.88. The van der Waals surface area contributed by atoms with Crippen LogP contribution in [0.1, 0.15) is 26.3 Å². The average Bonchev–Trinajstić information content (AvgIpc) is 2.40. The predicted molar refractivity (Wildman–Crippen MR) is 78.0 cm³/mol. The second kappa shape index (κ2) is 8.48. The predicted octanol–water partition coefficient (Wildman–Crippen LogP) is 1.47. The van der Waals surface area contributed by atoms with Gasteiger partial charge in [-0.15, -0.1) is 0 Å². The molecule has 1 heterocycles. The molecule has 5 heteroatoms. The third-order valence-corrected chi connectivity index (χ3v) is 2.82. The van der Waals surface area contributed by atoms with Crippen molar-refractivity contribution in [3.63, 3.8) is 0 Å². The maximum atomic E-state index is 11.6. The molecule has 0 bridgehead atoms. The summed E-state index contributed by atoms with van der Waals surface area (Å²) in [7, 11) is 0. The van der Waals surface area contributed by atoms with Gasteiger partial charge in [0, 0.05) is 31.4 Å². The van der Waals surface area contributed by atoms with Crippen molar-refractivity contribution in [2.45, 2.75) is 27.3 Å². The maximum absolute atomic E-state index is 11.6. The molecule has 1 rings (SSSR count). The standard InChI is InChI=1S/C14H24N4O/c1-4-15-13(19)11-18(6-3)10-12-8-7-9-17-14(12)16-5-2/h7-9H,4-6,10-11H2,1-3H3,(H,15,19)(H,16,17). The van der Waals surface area contributed by atoms with Crippen LogP contribution in [-0.4, -0.2) is 42.0 Å². The van der Waals surface area contributed by atoms with E-state index in [1.807, 2.05) is 26.0 Å². The number of hydrogen-bond acceptors (Lipinski definition) is 4. The molecule has 106 valence electrons. The minimum atomic E-state index is 0.0678. The zero-order valence-electron chi connectivity index (χ0n) is 12.1. The number of pyridine rings is 1. The Balaban J connectivity index is 2.67. The molecule has 0 aliphatic rings. The summed E-state index contributed by atoms with van der Waals surface area (Å²) in [6, 6.07) is 3.97. The second-order valence-electron chi connectivity index (χ2n) is 4.30. The zero-order valence-corrected chi connectivity index (χ0v) is 12.1. The first-order valence-electron chi connectivity index (χ1n) is 6.88. The van der Waals surface area contributed by atoms with Crippen molar-refractivity contribution in [2.75, 3.05) is 31.5 Å². The first kappa shape index (κ1) is 15.4. The molecule has 0 aliphatic heterocycles. The van der Waals surface area contributed by atoms with Crippen LogP contribution in [0.25, 0.3) is 0 Å². The van der Waals surface area contributed by atoms with Gasteiger partial charge in [-0.25, -0.2) is 4.98 Å². The second-order valence-corrected chi connectivity index (χ2v) is 4.30. The van der Waals surface area contributed by atoms with E-state index < -0.39 is 0 Å². The van der Waals surface area contributed by atoms with E-state index in [0.717, 1.165) is 31.0 Å². The summed E-state index contributed by atoms with van der Waals surface area (Å²) >= 11 is 0. The largest absolute Gasteiger partial charge is 0.370 e. The summed E-state index contributed by atoms with van der Waals surface area (Å²) in [6.07, 6.45) is 1.78. The van der Waals surface area contributed by atoms with Crippen molar-refractivity contribution >= 4 is 11.7 Å². The van der Waals surface area contributed by atoms with Crippen LogP contribution < -0.4 is 10.6 Å². The number of nitrogens with zero attached hydrogens (tertiary/aromatic N) is 2. The van der Waals surface area contributed by atoms with Crippen LogP contribution in [0.5, 0.6) is 0 Å². The van der Waals surface area contributed by atoms with Crippen molar-refractivity contribution in [1.82, 2.24) is 15.2 Å². The fourth-order valence-corrected chi connectivity index (χ4v) is 1.87. The number of rotatable bonds is 8. The van der Waals surface area contributed by atoms with Gasteiger partial charge in [-0.3, -0.25) is 9.69 Å². The molecule has 0 radical (unpaired) electrons. The lowest BCUT2D eigenvalue weighted by Crippen LogP contribution is -2.36. The zero-order chi connectivity index (χ0) is 14.1. The van der Waals surface area contributed by atoms with Crippen molar-refractivity contribution in [2.24, 2.45) is 0 Å². The van der Waals surface area contributed by atoms with Crippen molar-refractivity contribution in [3.05, 3.63) is 23.9 Å². The molecule has 2 N–H and O–H groups in total. The van der Waals surface area contributed by atoms with E-state index in [9.17, 15) is 4.79 Å². The summed E-state index contributed by atoms with van der Waals surface area (Å²) in [6.45, 7) is 9.52. The highest BCUT2D eigenvalue weighted by molar-refractivity contribution is 5.77. The Bertz CT molecular complexity index is 395. The summed E-state index contributed by atoms with van der Waals surface area (Å²) in [5, 5.41) is 6.07. The molecule has 0 aliphatic carbocycles. The van der Waals surface area contributed by atoms with E-state index >= 15 is 0 Å². The summed E-state index contributed by atoms with van der Waals surface area (Å²) in [5.41, 5.74) is 1.12. The highest BCUT2D eigenvalue weighted by atomic mass is 16.2. The van der Waals surface area contributed by atoms with E-state index in [-0.39, 0.29) is 5.91 Å². The van der Waals surface area contributed by atoms with Crippen LogP contribution in [0.4, 0.5) is 5.82 Å². The molecule has 0 atom stereocenters. The van der Waals surface area contributed by atoms with Gasteiger partial charge < -0.3 is 10.6 Å². The monoisotopic (exact) mass is 264 g/mol. The van der Waals surface area contributed by atoms with Gasteiger partial charge in [0.2, 0.25) is 5.91 Å². The molecular weight excluding hydrogens is 240 g/mol. The SMILES string of the molecule is CCNC(=O)CN(CC)Cc1cccnc1NCC. The van der Waals surface area contributed by atoms with Crippen LogP contribution in [0.2, 0.25) is 0 Å². The highest BCUT2D eigenvalue weighted by Gasteiger charge is 2.11. The smallest absolute Gasteiger partial charge is 0.234 e. The van der Waals surface area contributed by atoms with E-state index in [4.69, 9.17) is 0 Å². The Morgan fingerprint density at radius 2 is 2.11 bits per heavy atom. The quantitative estimate of drug-likeness (QED) is 0.746. The molecule has 1 amide bonds. The van der Waals surface area contributed by atoms with Crippen molar-refractivity contribution in [1.29, 1.82) is 0 Å². The number of nitrogens with one attached hydrogen (secondary N) is 2. The number of likely N-dealkylation sites (N-methyl/N-ethyl adjacent to an activating group) is 2. The Morgan fingerprint density at radius 3 is 2.74 bits per heavy atom. The summed E-state index contributed by atoms with van der Waals surface area (Å²) in [5.74, 6) is 0.970. The van der Waals surface area contributed by atoms with Crippen LogP contribution >= 0.6 is 0 Å². The van der Waals surface area contributed by atoms with Crippen LogP contribution in [0, 0.1) is 0 Å². The Morgan fingerprint density at radius 1 is 1.32 bits per heavy atom. The van der Waals surface area contributed by atoms with E-state index in [0.29, 0.717) is 13.1 Å². The average molecular weight is 264 g/mol. The summed E-state index contributed by atoms with van der Waals surface area (Å²) in [4.78, 5) is 18.1. The van der Waals surface area contributed by atoms with Crippen LogP contribution in [0.3, 0.4) is 0 Å².